The molecule has 98 valence electrons. The molecule has 1 aliphatic heterocycles. The molecule has 0 spiro atoms. The van der Waals surface area contributed by atoms with E-state index >= 15 is 0 Å². The molecule has 0 bridgehead atoms. The molecule has 2 nitrogen and oxygen atoms in total. The van der Waals surface area contributed by atoms with Crippen LogP contribution in [0, 0.1) is 11.2 Å². The maximum Gasteiger partial charge on any atom is 0.123 e. The van der Waals surface area contributed by atoms with Gasteiger partial charge in [0.15, 0.2) is 0 Å². The predicted octanol–water partition coefficient (Wildman–Crippen LogP) is 3.16. The first-order chi connectivity index (χ1) is 8.38. The molecule has 0 amide bonds. The fourth-order valence-corrected chi connectivity index (χ4v) is 2.91. The number of hydrogen-bond donors (Lipinski definition) is 2. The van der Waals surface area contributed by atoms with Gasteiger partial charge in [-0.25, -0.2) is 4.39 Å². The fourth-order valence-electron chi connectivity index (χ4n) is 1.79. The molecule has 18 heavy (non-hydrogen) atoms. The van der Waals surface area contributed by atoms with E-state index in [1.165, 1.54) is 12.1 Å². The number of benzene rings is 1. The molecule has 4 heteroatoms. The molecule has 2 rings (SSSR count). The second-order valence-corrected chi connectivity index (χ2v) is 6.69. The lowest BCUT2D eigenvalue weighted by atomic mass is 9.84. The van der Waals surface area contributed by atoms with Crippen LogP contribution in [0.3, 0.4) is 0 Å². The van der Waals surface area contributed by atoms with Crippen LogP contribution in [0.1, 0.15) is 26.3 Å². The van der Waals surface area contributed by atoms with Crippen molar-refractivity contribution in [1.82, 2.24) is 5.32 Å². The number of rotatable bonds is 3. The van der Waals surface area contributed by atoms with Gasteiger partial charge in [-0.1, -0.05) is 13.8 Å². The van der Waals surface area contributed by atoms with Gasteiger partial charge in [0.2, 0.25) is 0 Å². The zero-order chi connectivity index (χ0) is 13.4. The number of nitrogens with one attached hydrogen (secondary N) is 1. The van der Waals surface area contributed by atoms with E-state index in [4.69, 9.17) is 5.73 Å². The van der Waals surface area contributed by atoms with Crippen molar-refractivity contribution in [3.63, 3.8) is 0 Å². The lowest BCUT2D eigenvalue weighted by Crippen LogP contribution is -2.51. The van der Waals surface area contributed by atoms with Crippen LogP contribution in [-0.4, -0.2) is 11.4 Å². The zero-order valence-electron chi connectivity index (χ0n) is 11.0. The van der Waals surface area contributed by atoms with Crippen LogP contribution in [0.2, 0.25) is 0 Å². The van der Waals surface area contributed by atoms with Crippen LogP contribution in [-0.2, 0) is 0 Å². The van der Waals surface area contributed by atoms with Gasteiger partial charge in [0.25, 0.3) is 0 Å². The maximum absolute atomic E-state index is 12.9. The first kappa shape index (κ1) is 13.4. The largest absolute Gasteiger partial charge is 0.369 e. The molecule has 1 aromatic rings. The molecule has 0 aromatic heterocycles. The van der Waals surface area contributed by atoms with E-state index in [-0.39, 0.29) is 16.1 Å². The van der Waals surface area contributed by atoms with E-state index in [1.807, 2.05) is 0 Å². The third-order valence-corrected chi connectivity index (χ3v) is 5.22. The Bertz CT molecular complexity index is 467. The van der Waals surface area contributed by atoms with E-state index in [1.54, 1.807) is 23.9 Å². The molecule has 3 N–H and O–H groups in total. The van der Waals surface area contributed by atoms with Gasteiger partial charge in [0, 0.05) is 17.7 Å². The molecular weight excluding hydrogens is 247 g/mol. The Morgan fingerprint density at radius 1 is 1.33 bits per heavy atom. The molecule has 1 unspecified atom stereocenters. The van der Waals surface area contributed by atoms with Crippen LogP contribution in [0.25, 0.3) is 5.70 Å². The predicted molar refractivity (Wildman–Crippen MR) is 76.3 cm³/mol. The summed E-state index contributed by atoms with van der Waals surface area (Å²) in [5.74, 6) is -0.213. The number of nitrogens with two attached hydrogens (primary N) is 1. The van der Waals surface area contributed by atoms with Crippen LogP contribution in [0.15, 0.2) is 29.7 Å². The quantitative estimate of drug-likeness (QED) is 0.882. The summed E-state index contributed by atoms with van der Waals surface area (Å²) in [6.45, 7) is 7.05. The fraction of sp³-hybridized carbons (Fsp3) is 0.429. The van der Waals surface area contributed by atoms with E-state index in [0.717, 1.165) is 11.3 Å². The third kappa shape index (κ3) is 2.27. The van der Waals surface area contributed by atoms with Gasteiger partial charge in [-0.15, -0.1) is 11.8 Å². The molecule has 0 fully saturated rings. The Morgan fingerprint density at radius 3 is 2.50 bits per heavy atom. The van der Waals surface area contributed by atoms with Crippen LogP contribution < -0.4 is 11.1 Å². The van der Waals surface area contributed by atoms with E-state index in [9.17, 15) is 4.39 Å². The maximum atomic E-state index is 12.9. The van der Waals surface area contributed by atoms with Gasteiger partial charge in [-0.2, -0.15) is 0 Å². The monoisotopic (exact) mass is 266 g/mol. The van der Waals surface area contributed by atoms with Crippen molar-refractivity contribution in [3.05, 3.63) is 41.1 Å². The lowest BCUT2D eigenvalue weighted by molar-refractivity contribution is 0.261. The summed E-state index contributed by atoms with van der Waals surface area (Å²) < 4.78 is 12.9. The summed E-state index contributed by atoms with van der Waals surface area (Å²) in [5, 5.41) is 5.60. The van der Waals surface area contributed by atoms with Crippen molar-refractivity contribution in [3.8, 4) is 0 Å². The van der Waals surface area contributed by atoms with Crippen molar-refractivity contribution in [2.24, 2.45) is 11.1 Å². The summed E-state index contributed by atoms with van der Waals surface area (Å²) in [6, 6.07) is 6.53. The van der Waals surface area contributed by atoms with E-state index in [0.29, 0.717) is 6.54 Å². The molecule has 0 saturated heterocycles. The van der Waals surface area contributed by atoms with Crippen molar-refractivity contribution < 1.29 is 4.39 Å². The molecule has 1 heterocycles. The van der Waals surface area contributed by atoms with E-state index < -0.39 is 0 Å². The SMILES string of the molecule is CC(C)(CN)C1(C)NC(c2ccc(F)cc2)=CS1. The molecule has 1 aliphatic rings. The van der Waals surface area contributed by atoms with Crippen LogP contribution in [0.5, 0.6) is 0 Å². The van der Waals surface area contributed by atoms with Gasteiger partial charge >= 0.3 is 0 Å². The third-order valence-electron chi connectivity index (χ3n) is 3.74. The highest BCUT2D eigenvalue weighted by Gasteiger charge is 2.43. The highest BCUT2D eigenvalue weighted by atomic mass is 32.2. The minimum atomic E-state index is -0.213. The Hall–Kier alpha value is -1.000. The lowest BCUT2D eigenvalue weighted by Gasteiger charge is -2.41. The van der Waals surface area contributed by atoms with Gasteiger partial charge < -0.3 is 11.1 Å². The van der Waals surface area contributed by atoms with Crippen LogP contribution >= 0.6 is 11.8 Å². The summed E-state index contributed by atoms with van der Waals surface area (Å²) in [6.07, 6.45) is 0. The summed E-state index contributed by atoms with van der Waals surface area (Å²) in [4.78, 5) is -0.133. The van der Waals surface area contributed by atoms with Gasteiger partial charge in [-0.3, -0.25) is 0 Å². The Labute approximate surface area is 112 Å². The number of hydrogen-bond acceptors (Lipinski definition) is 3. The average Bonchev–Trinajstić information content (AvgIpc) is 2.75. The first-order valence-electron chi connectivity index (χ1n) is 6.00. The molecule has 0 aliphatic carbocycles. The minimum absolute atomic E-state index is 0.0318. The standard InChI is InChI=1S/C14H19FN2S/c1-13(2,9-16)14(3)17-12(8-18-14)10-4-6-11(15)7-5-10/h4-8,17H,9,16H2,1-3H3. The Kier molecular flexibility index (Phi) is 3.43. The summed E-state index contributed by atoms with van der Waals surface area (Å²) in [7, 11) is 0. The summed E-state index contributed by atoms with van der Waals surface area (Å²) >= 11 is 1.74. The van der Waals surface area contributed by atoms with Gasteiger partial charge in [0.1, 0.15) is 5.82 Å². The topological polar surface area (TPSA) is 38.0 Å². The molecule has 1 aromatic carbocycles. The number of halogens is 1. The van der Waals surface area contributed by atoms with Crippen molar-refractivity contribution >= 4 is 17.5 Å². The van der Waals surface area contributed by atoms with Crippen molar-refractivity contribution in [1.29, 1.82) is 0 Å². The van der Waals surface area contributed by atoms with Crippen LogP contribution in [0.4, 0.5) is 4.39 Å². The highest BCUT2D eigenvalue weighted by molar-refractivity contribution is 8.03. The smallest absolute Gasteiger partial charge is 0.123 e. The highest BCUT2D eigenvalue weighted by Crippen LogP contribution is 2.46. The first-order valence-corrected chi connectivity index (χ1v) is 6.88. The molecule has 0 saturated carbocycles. The molecule has 1 atom stereocenters. The average molecular weight is 266 g/mol. The molecule has 0 radical (unpaired) electrons. The van der Waals surface area contributed by atoms with Crippen molar-refractivity contribution in [2.75, 3.05) is 6.54 Å². The zero-order valence-corrected chi connectivity index (χ0v) is 11.8. The molecular formula is C14H19FN2S. The normalized spacial score (nSPS) is 23.7. The van der Waals surface area contributed by atoms with Gasteiger partial charge in [-0.05, 0) is 42.2 Å². The number of thioether (sulfide) groups is 1. The van der Waals surface area contributed by atoms with Gasteiger partial charge in [0.05, 0.1) is 4.87 Å². The Balaban J connectivity index is 2.19. The Morgan fingerprint density at radius 2 is 1.94 bits per heavy atom. The second-order valence-electron chi connectivity index (χ2n) is 5.40. The summed E-state index contributed by atoms with van der Waals surface area (Å²) in [5.41, 5.74) is 7.85. The minimum Gasteiger partial charge on any atom is -0.369 e. The van der Waals surface area contributed by atoms with E-state index in [2.05, 4.69) is 31.5 Å². The van der Waals surface area contributed by atoms with Crippen molar-refractivity contribution in [2.45, 2.75) is 25.6 Å². The second kappa shape index (κ2) is 4.59.